The second kappa shape index (κ2) is 10.1. The molecule has 3 aromatic rings. The average Bonchev–Trinajstić information content (AvgIpc) is 2.81. The largest absolute Gasteiger partial charge is 0.494 e. The maximum absolute atomic E-state index is 13.5. The normalized spacial score (nSPS) is 14.7. The van der Waals surface area contributed by atoms with Crippen molar-refractivity contribution in [3.05, 3.63) is 65.9 Å². The molecule has 0 radical (unpaired) electrons. The van der Waals surface area contributed by atoms with E-state index >= 15 is 0 Å². The maximum Gasteiger partial charge on any atom is 0.421 e. The van der Waals surface area contributed by atoms with Crippen molar-refractivity contribution < 1.29 is 17.9 Å². The monoisotopic (exact) mass is 456 g/mol. The molecule has 174 valence electrons. The zero-order chi connectivity index (χ0) is 23.3. The number of nitrogens with one attached hydrogen (secondary N) is 2. The lowest BCUT2D eigenvalue weighted by atomic mass is 9.84. The molecule has 8 heteroatoms. The van der Waals surface area contributed by atoms with Crippen LogP contribution in [0.5, 0.6) is 5.75 Å². The van der Waals surface area contributed by atoms with Crippen LogP contribution in [0.3, 0.4) is 0 Å². The molecule has 33 heavy (non-hydrogen) atoms. The number of benzene rings is 2. The molecule has 0 bridgehead atoms. The highest BCUT2D eigenvalue weighted by atomic mass is 19.4. The van der Waals surface area contributed by atoms with Gasteiger partial charge >= 0.3 is 6.18 Å². The van der Waals surface area contributed by atoms with Crippen LogP contribution in [0.2, 0.25) is 0 Å². The van der Waals surface area contributed by atoms with Gasteiger partial charge in [-0.2, -0.15) is 18.2 Å². The van der Waals surface area contributed by atoms with Crippen molar-refractivity contribution in [2.75, 3.05) is 17.2 Å². The molecule has 0 aliphatic heterocycles. The van der Waals surface area contributed by atoms with Crippen molar-refractivity contribution in [2.24, 2.45) is 0 Å². The summed E-state index contributed by atoms with van der Waals surface area (Å²) in [7, 11) is 0. The van der Waals surface area contributed by atoms with Crippen molar-refractivity contribution in [1.29, 1.82) is 0 Å². The predicted molar refractivity (Wildman–Crippen MR) is 123 cm³/mol. The Morgan fingerprint density at radius 1 is 0.909 bits per heavy atom. The van der Waals surface area contributed by atoms with Crippen LogP contribution >= 0.6 is 0 Å². The van der Waals surface area contributed by atoms with Gasteiger partial charge in [0, 0.05) is 17.6 Å². The van der Waals surface area contributed by atoms with E-state index in [1.54, 1.807) is 24.3 Å². The fourth-order valence-electron chi connectivity index (χ4n) is 4.09. The van der Waals surface area contributed by atoms with Gasteiger partial charge in [-0.25, -0.2) is 4.98 Å². The Labute approximate surface area is 191 Å². The van der Waals surface area contributed by atoms with E-state index in [-0.39, 0.29) is 11.8 Å². The minimum absolute atomic E-state index is 0.0850. The Kier molecular flexibility index (Phi) is 7.01. The van der Waals surface area contributed by atoms with Crippen LogP contribution < -0.4 is 15.4 Å². The van der Waals surface area contributed by atoms with Gasteiger partial charge < -0.3 is 15.4 Å². The molecule has 1 heterocycles. The molecule has 2 aromatic carbocycles. The van der Waals surface area contributed by atoms with Crippen molar-refractivity contribution in [1.82, 2.24) is 9.97 Å². The Bertz CT molecular complexity index is 1050. The molecule has 0 amide bonds. The minimum Gasteiger partial charge on any atom is -0.494 e. The highest BCUT2D eigenvalue weighted by molar-refractivity contribution is 5.63. The lowest BCUT2D eigenvalue weighted by Gasteiger charge is -2.22. The Hall–Kier alpha value is -3.29. The summed E-state index contributed by atoms with van der Waals surface area (Å²) in [5.41, 5.74) is 1.55. The molecule has 1 aliphatic carbocycles. The number of ether oxygens (including phenoxy) is 1. The Morgan fingerprint density at radius 3 is 2.18 bits per heavy atom. The lowest BCUT2D eigenvalue weighted by molar-refractivity contribution is -0.137. The van der Waals surface area contributed by atoms with Gasteiger partial charge in [-0.05, 0) is 67.6 Å². The Morgan fingerprint density at radius 2 is 1.55 bits per heavy atom. The Balaban J connectivity index is 1.52. The standard InChI is InChI=1S/C25H27F3N4O/c1-2-33-21-14-12-19(13-15-21)30-23-22(25(26,27)28)16-29-24(32-23)31-20-10-8-18(9-11-20)17-6-4-3-5-7-17/h8-17H,2-7H2,1H3,(H2,29,30,31,32). The van der Waals surface area contributed by atoms with E-state index < -0.39 is 11.7 Å². The minimum atomic E-state index is -4.59. The lowest BCUT2D eigenvalue weighted by Crippen LogP contribution is -2.12. The first-order chi connectivity index (χ1) is 15.9. The number of nitrogens with zero attached hydrogens (tertiary/aromatic N) is 2. The van der Waals surface area contributed by atoms with E-state index in [4.69, 9.17) is 4.74 Å². The smallest absolute Gasteiger partial charge is 0.421 e. The van der Waals surface area contributed by atoms with Crippen LogP contribution in [-0.2, 0) is 6.18 Å². The number of hydrogen-bond donors (Lipinski definition) is 2. The van der Waals surface area contributed by atoms with E-state index in [2.05, 4.69) is 32.7 Å². The molecular weight excluding hydrogens is 429 g/mol. The van der Waals surface area contributed by atoms with Crippen LogP contribution in [0.1, 0.15) is 56.1 Å². The summed E-state index contributed by atoms with van der Waals surface area (Å²) < 4.78 is 46.0. The van der Waals surface area contributed by atoms with Gasteiger partial charge in [0.15, 0.2) is 0 Å². The summed E-state index contributed by atoms with van der Waals surface area (Å²) in [4.78, 5) is 8.01. The van der Waals surface area contributed by atoms with Gasteiger partial charge in [0.2, 0.25) is 5.95 Å². The highest BCUT2D eigenvalue weighted by Crippen LogP contribution is 2.36. The summed E-state index contributed by atoms with van der Waals surface area (Å²) in [5.74, 6) is 0.991. The van der Waals surface area contributed by atoms with Crippen LogP contribution in [0, 0.1) is 0 Å². The van der Waals surface area contributed by atoms with Gasteiger partial charge in [-0.15, -0.1) is 0 Å². The molecular formula is C25H27F3N4O. The van der Waals surface area contributed by atoms with Crippen molar-refractivity contribution in [2.45, 2.75) is 51.1 Å². The summed E-state index contributed by atoms with van der Waals surface area (Å²) in [6.45, 7) is 2.37. The zero-order valence-corrected chi connectivity index (χ0v) is 18.5. The maximum atomic E-state index is 13.5. The summed E-state index contributed by atoms with van der Waals surface area (Å²) in [6, 6.07) is 14.6. The van der Waals surface area contributed by atoms with Gasteiger partial charge in [0.05, 0.1) is 6.61 Å². The number of halogens is 3. The fourth-order valence-corrected chi connectivity index (χ4v) is 4.09. The molecule has 0 unspecified atom stereocenters. The van der Waals surface area contributed by atoms with Crippen molar-refractivity contribution >= 4 is 23.1 Å². The van der Waals surface area contributed by atoms with E-state index in [0.29, 0.717) is 24.0 Å². The number of alkyl halides is 3. The zero-order valence-electron chi connectivity index (χ0n) is 18.5. The third kappa shape index (κ3) is 5.94. The molecule has 1 aliphatic rings. The predicted octanol–water partition coefficient (Wildman–Crippen LogP) is 7.43. The summed E-state index contributed by atoms with van der Waals surface area (Å²) in [6.07, 6.45) is 2.43. The number of rotatable bonds is 7. The number of anilines is 4. The van der Waals surface area contributed by atoms with Crippen LogP contribution in [0.15, 0.2) is 54.7 Å². The summed E-state index contributed by atoms with van der Waals surface area (Å²) in [5, 5.41) is 5.78. The third-order valence-corrected chi connectivity index (χ3v) is 5.77. The molecule has 1 saturated carbocycles. The van der Waals surface area contributed by atoms with Gasteiger partial charge in [-0.3, -0.25) is 0 Å². The molecule has 0 spiro atoms. The first kappa shape index (κ1) is 22.9. The highest BCUT2D eigenvalue weighted by Gasteiger charge is 2.35. The molecule has 4 rings (SSSR count). The van der Waals surface area contributed by atoms with Gasteiger partial charge in [-0.1, -0.05) is 31.4 Å². The van der Waals surface area contributed by atoms with Crippen LogP contribution in [0.4, 0.5) is 36.3 Å². The first-order valence-corrected chi connectivity index (χ1v) is 11.2. The second-order valence-corrected chi connectivity index (χ2v) is 8.12. The summed E-state index contributed by atoms with van der Waals surface area (Å²) >= 11 is 0. The number of hydrogen-bond acceptors (Lipinski definition) is 5. The third-order valence-electron chi connectivity index (χ3n) is 5.77. The second-order valence-electron chi connectivity index (χ2n) is 8.12. The first-order valence-electron chi connectivity index (χ1n) is 11.2. The molecule has 0 saturated heterocycles. The quantitative estimate of drug-likeness (QED) is 0.387. The molecule has 1 aromatic heterocycles. The van der Waals surface area contributed by atoms with Crippen molar-refractivity contribution in [3.63, 3.8) is 0 Å². The van der Waals surface area contributed by atoms with Crippen LogP contribution in [-0.4, -0.2) is 16.6 Å². The molecule has 5 nitrogen and oxygen atoms in total. The number of aromatic nitrogens is 2. The topological polar surface area (TPSA) is 59.1 Å². The van der Waals surface area contributed by atoms with Gasteiger partial charge in [0.1, 0.15) is 17.1 Å². The SMILES string of the molecule is CCOc1ccc(Nc2nc(Nc3ccc(C4CCCCC4)cc3)ncc2C(F)(F)F)cc1. The van der Waals surface area contributed by atoms with E-state index in [1.807, 2.05) is 19.1 Å². The van der Waals surface area contributed by atoms with Gasteiger partial charge in [0.25, 0.3) is 0 Å². The van der Waals surface area contributed by atoms with Crippen LogP contribution in [0.25, 0.3) is 0 Å². The van der Waals surface area contributed by atoms with E-state index in [0.717, 1.165) is 11.9 Å². The van der Waals surface area contributed by atoms with Crippen molar-refractivity contribution in [3.8, 4) is 5.75 Å². The van der Waals surface area contributed by atoms with E-state index in [9.17, 15) is 13.2 Å². The molecule has 0 atom stereocenters. The fraction of sp³-hybridized carbons (Fsp3) is 0.360. The average molecular weight is 457 g/mol. The molecule has 2 N–H and O–H groups in total. The van der Waals surface area contributed by atoms with E-state index in [1.165, 1.54) is 37.7 Å². The molecule has 1 fully saturated rings.